The van der Waals surface area contributed by atoms with Crippen molar-refractivity contribution >= 4 is 17.5 Å². The number of hydrogen-bond donors (Lipinski definition) is 5. The zero-order valence-corrected chi connectivity index (χ0v) is 21.5. The van der Waals surface area contributed by atoms with Gasteiger partial charge in [0.05, 0.1) is 6.10 Å². The number of hydrogen-bond acceptors (Lipinski definition) is 7. The summed E-state index contributed by atoms with van der Waals surface area (Å²) in [4.78, 5) is 36.4. The van der Waals surface area contributed by atoms with Gasteiger partial charge in [-0.15, -0.1) is 0 Å². The molecule has 6 atom stereocenters. The van der Waals surface area contributed by atoms with Crippen molar-refractivity contribution in [1.82, 2.24) is 5.32 Å². The van der Waals surface area contributed by atoms with Crippen molar-refractivity contribution in [3.63, 3.8) is 0 Å². The maximum atomic E-state index is 13.0. The number of carbonyl (C=O) groups is 3. The summed E-state index contributed by atoms with van der Waals surface area (Å²) < 4.78 is 0. The third-order valence-corrected chi connectivity index (χ3v) is 8.39. The number of fused-ring (bicyclic) bond motifs is 1. The summed E-state index contributed by atoms with van der Waals surface area (Å²) in [5.41, 5.74) is -1.69. The molecule has 2 aliphatic carbocycles. The van der Waals surface area contributed by atoms with E-state index in [-0.39, 0.29) is 31.0 Å². The minimum Gasteiger partial charge on any atom is -0.481 e. The zero-order chi connectivity index (χ0) is 26.3. The summed E-state index contributed by atoms with van der Waals surface area (Å²) in [5, 5.41) is 44.6. The van der Waals surface area contributed by atoms with E-state index in [1.54, 1.807) is 0 Å². The van der Waals surface area contributed by atoms with E-state index >= 15 is 0 Å². The van der Waals surface area contributed by atoms with Gasteiger partial charge in [-0.2, -0.15) is 0 Å². The fourth-order valence-corrected chi connectivity index (χ4v) is 6.48. The van der Waals surface area contributed by atoms with Crippen molar-refractivity contribution in [3.8, 4) is 0 Å². The van der Waals surface area contributed by atoms with Gasteiger partial charge in [0, 0.05) is 30.7 Å². The molecule has 1 heterocycles. The fraction of sp³-hybridized carbons (Fsp3) is 0.750. The molecule has 8 heteroatoms. The Morgan fingerprint density at radius 3 is 2.64 bits per heavy atom. The number of aliphatic hydroxyl groups is 3. The molecule has 3 rings (SSSR count). The molecule has 1 unspecified atom stereocenters. The second kappa shape index (κ2) is 12.6. The standard InChI is InChI=1S/C28H43NO7/c1-2-3-4-8-11-20-21(17-23(31)22(30)12-9-6-5-7-10-13-26(34)35)29-28(36)18-27(20)19(16-25(28)33)14-15-24(27)32/h4,8,16,20-22,24,29-30,32,36H,2-3,5-7,9-15,17-18H2,1H3,(H,34,35)/b8-4-/t20-,21-,22+,24-,27?,28-/m0/s1. The van der Waals surface area contributed by atoms with Crippen LogP contribution in [0.25, 0.3) is 0 Å². The van der Waals surface area contributed by atoms with E-state index in [2.05, 4.69) is 24.4 Å². The Morgan fingerprint density at radius 1 is 1.19 bits per heavy atom. The molecule has 3 aliphatic rings. The average Bonchev–Trinajstić information content (AvgIpc) is 3.12. The van der Waals surface area contributed by atoms with Gasteiger partial charge in [-0.1, -0.05) is 56.8 Å². The zero-order valence-electron chi connectivity index (χ0n) is 21.5. The van der Waals surface area contributed by atoms with Crippen LogP contribution in [0.3, 0.4) is 0 Å². The third-order valence-electron chi connectivity index (χ3n) is 8.39. The Kier molecular flexibility index (Phi) is 10.0. The van der Waals surface area contributed by atoms with Crippen LogP contribution in [0.2, 0.25) is 0 Å². The molecule has 36 heavy (non-hydrogen) atoms. The molecule has 0 aromatic rings. The maximum Gasteiger partial charge on any atom is 0.303 e. The summed E-state index contributed by atoms with van der Waals surface area (Å²) in [6.07, 6.45) is 11.9. The van der Waals surface area contributed by atoms with E-state index in [1.807, 2.05) is 0 Å². The van der Waals surface area contributed by atoms with Gasteiger partial charge < -0.3 is 20.4 Å². The van der Waals surface area contributed by atoms with Crippen LogP contribution in [0.1, 0.15) is 96.8 Å². The number of rotatable bonds is 15. The first-order valence-electron chi connectivity index (χ1n) is 13.6. The van der Waals surface area contributed by atoms with Gasteiger partial charge in [0.15, 0.2) is 11.5 Å². The first kappa shape index (κ1) is 28.7. The van der Waals surface area contributed by atoms with Gasteiger partial charge in [0.25, 0.3) is 0 Å². The molecule has 1 saturated heterocycles. The smallest absolute Gasteiger partial charge is 0.303 e. The molecule has 0 aromatic heterocycles. The molecular formula is C28H43NO7. The van der Waals surface area contributed by atoms with Crippen molar-refractivity contribution in [2.75, 3.05) is 0 Å². The van der Waals surface area contributed by atoms with E-state index < -0.39 is 41.1 Å². The van der Waals surface area contributed by atoms with Gasteiger partial charge in [0.1, 0.15) is 6.10 Å². The molecule has 1 aliphatic heterocycles. The summed E-state index contributed by atoms with van der Waals surface area (Å²) in [7, 11) is 0. The lowest BCUT2D eigenvalue weighted by Gasteiger charge is -2.56. The van der Waals surface area contributed by atoms with Crippen LogP contribution < -0.4 is 5.32 Å². The normalized spacial score (nSPS) is 32.4. The molecule has 0 amide bonds. The molecule has 202 valence electrons. The molecule has 8 nitrogen and oxygen atoms in total. The molecule has 0 radical (unpaired) electrons. The number of nitrogens with one attached hydrogen (secondary N) is 1. The number of piperidine rings is 1. The van der Waals surface area contributed by atoms with Crippen molar-refractivity contribution < 1.29 is 34.8 Å². The van der Waals surface area contributed by atoms with Gasteiger partial charge in [-0.25, -0.2) is 0 Å². The topological polar surface area (TPSA) is 144 Å². The Bertz CT molecular complexity index is 868. The number of aliphatic hydroxyl groups excluding tert-OH is 2. The highest BCUT2D eigenvalue weighted by Gasteiger charge is 2.64. The van der Waals surface area contributed by atoms with Crippen molar-refractivity contribution in [2.45, 2.75) is 121 Å². The van der Waals surface area contributed by atoms with Gasteiger partial charge in [-0.3, -0.25) is 19.7 Å². The minimum atomic E-state index is -1.82. The Hall–Kier alpha value is -1.87. The predicted molar refractivity (Wildman–Crippen MR) is 135 cm³/mol. The first-order chi connectivity index (χ1) is 17.1. The Balaban J connectivity index is 1.67. The Labute approximate surface area is 213 Å². The van der Waals surface area contributed by atoms with E-state index in [0.717, 1.165) is 37.7 Å². The lowest BCUT2D eigenvalue weighted by Crippen LogP contribution is -2.70. The molecule has 1 saturated carbocycles. The van der Waals surface area contributed by atoms with Crippen LogP contribution in [0.4, 0.5) is 0 Å². The Morgan fingerprint density at radius 2 is 1.92 bits per heavy atom. The number of carboxylic acid groups (broad SMARTS) is 1. The molecule has 5 N–H and O–H groups in total. The van der Waals surface area contributed by atoms with Crippen LogP contribution >= 0.6 is 0 Å². The summed E-state index contributed by atoms with van der Waals surface area (Å²) in [5.74, 6) is -1.74. The lowest BCUT2D eigenvalue weighted by atomic mass is 9.56. The number of carbonyl (C=O) groups excluding carboxylic acids is 2. The largest absolute Gasteiger partial charge is 0.481 e. The van der Waals surface area contributed by atoms with Crippen LogP contribution in [-0.4, -0.2) is 61.9 Å². The fourth-order valence-electron chi connectivity index (χ4n) is 6.48. The van der Waals surface area contributed by atoms with E-state index in [1.165, 1.54) is 6.08 Å². The average molecular weight is 506 g/mol. The van der Waals surface area contributed by atoms with E-state index in [0.29, 0.717) is 38.5 Å². The summed E-state index contributed by atoms with van der Waals surface area (Å²) in [6, 6.07) is -0.548. The second-order valence-corrected chi connectivity index (χ2v) is 10.9. The number of unbranched alkanes of at least 4 members (excludes halogenated alkanes) is 5. The first-order valence-corrected chi connectivity index (χ1v) is 13.6. The van der Waals surface area contributed by atoms with Gasteiger partial charge in [0.2, 0.25) is 5.78 Å². The van der Waals surface area contributed by atoms with Crippen LogP contribution in [-0.2, 0) is 14.4 Å². The van der Waals surface area contributed by atoms with Gasteiger partial charge in [-0.05, 0) is 50.5 Å². The van der Waals surface area contributed by atoms with Crippen molar-refractivity contribution in [2.24, 2.45) is 11.3 Å². The molecule has 1 spiro atoms. The van der Waals surface area contributed by atoms with Crippen LogP contribution in [0.15, 0.2) is 23.8 Å². The van der Waals surface area contributed by atoms with Crippen molar-refractivity contribution in [1.29, 1.82) is 0 Å². The van der Waals surface area contributed by atoms with E-state index in [4.69, 9.17) is 5.11 Å². The van der Waals surface area contributed by atoms with E-state index in [9.17, 15) is 29.7 Å². The number of ketones is 2. The number of Topliss-reactive ketones (excluding diaryl/α,β-unsaturated/α-hetero) is 1. The summed E-state index contributed by atoms with van der Waals surface area (Å²) in [6.45, 7) is 2.10. The second-order valence-electron chi connectivity index (χ2n) is 10.9. The number of allylic oxidation sites excluding steroid dienone is 2. The molecule has 2 fully saturated rings. The highest BCUT2D eigenvalue weighted by molar-refractivity contribution is 5.99. The van der Waals surface area contributed by atoms with Crippen LogP contribution in [0.5, 0.6) is 0 Å². The number of carboxylic acids is 1. The van der Waals surface area contributed by atoms with Crippen LogP contribution in [0, 0.1) is 11.3 Å². The molecule has 0 aromatic carbocycles. The minimum absolute atomic E-state index is 0.0244. The SMILES string of the molecule is CCC/C=C\C[C@H]1[C@H](CC(=O)[C@H](O)CCCCCCCC(=O)O)N[C@]2(O)CC13C(=CC2=O)CC[C@@H]3O. The highest BCUT2D eigenvalue weighted by atomic mass is 16.4. The van der Waals surface area contributed by atoms with Gasteiger partial charge >= 0.3 is 5.97 Å². The maximum absolute atomic E-state index is 13.0. The quantitative estimate of drug-likeness (QED) is 0.169. The predicted octanol–water partition coefficient (Wildman–Crippen LogP) is 3.19. The summed E-state index contributed by atoms with van der Waals surface area (Å²) >= 11 is 0. The lowest BCUT2D eigenvalue weighted by molar-refractivity contribution is -0.165. The third kappa shape index (κ3) is 6.33. The number of aliphatic carboxylic acids is 1. The molecule has 2 bridgehead atoms. The van der Waals surface area contributed by atoms with Crippen molar-refractivity contribution in [3.05, 3.63) is 23.8 Å². The highest BCUT2D eigenvalue weighted by Crippen LogP contribution is 2.59. The monoisotopic (exact) mass is 505 g/mol. The molecular weight excluding hydrogens is 462 g/mol.